The molecule has 22 heavy (non-hydrogen) atoms. The van der Waals surface area contributed by atoms with E-state index < -0.39 is 5.97 Å². The zero-order chi connectivity index (χ0) is 16.1. The lowest BCUT2D eigenvalue weighted by Gasteiger charge is -2.23. The number of rotatable bonds is 6. The molecule has 0 bridgehead atoms. The van der Waals surface area contributed by atoms with E-state index in [0.29, 0.717) is 13.1 Å². The highest BCUT2D eigenvalue weighted by molar-refractivity contribution is 5.83. The minimum atomic E-state index is -0.818. The Morgan fingerprint density at radius 3 is 2.77 bits per heavy atom. The van der Waals surface area contributed by atoms with Crippen LogP contribution in [-0.4, -0.2) is 28.7 Å². The third-order valence-electron chi connectivity index (χ3n) is 3.57. The van der Waals surface area contributed by atoms with Crippen LogP contribution < -0.4 is 10.5 Å². The van der Waals surface area contributed by atoms with Gasteiger partial charge in [-0.05, 0) is 31.2 Å². The van der Waals surface area contributed by atoms with Crippen molar-refractivity contribution in [2.45, 2.75) is 19.9 Å². The smallest absolute Gasteiger partial charge is 0.305 e. The standard InChI is InChI=1S/C17H18N2O3/c1-3-10-19-15-7-6-14(12-13(15)5-8-16(19)20)18(4-2)11-9-17(21)22/h1,5-8,12H,4,9-11H2,2H3,(H,21,22). The summed E-state index contributed by atoms with van der Waals surface area (Å²) in [5, 5.41) is 9.72. The molecule has 0 spiro atoms. The van der Waals surface area contributed by atoms with Crippen molar-refractivity contribution in [2.24, 2.45) is 0 Å². The van der Waals surface area contributed by atoms with Crippen molar-refractivity contribution in [1.29, 1.82) is 0 Å². The maximum atomic E-state index is 11.9. The first-order valence-corrected chi connectivity index (χ1v) is 7.10. The molecule has 114 valence electrons. The first-order chi connectivity index (χ1) is 10.6. The van der Waals surface area contributed by atoms with Crippen LogP contribution in [0.3, 0.4) is 0 Å². The number of anilines is 1. The van der Waals surface area contributed by atoms with Gasteiger partial charge in [-0.2, -0.15) is 0 Å². The van der Waals surface area contributed by atoms with Gasteiger partial charge in [-0.3, -0.25) is 14.2 Å². The molecule has 5 nitrogen and oxygen atoms in total. The Bertz CT molecular complexity index is 787. The summed E-state index contributed by atoms with van der Waals surface area (Å²) in [6.07, 6.45) is 5.40. The Kier molecular flexibility index (Phi) is 4.84. The molecule has 0 amide bonds. The van der Waals surface area contributed by atoms with Gasteiger partial charge in [0, 0.05) is 30.2 Å². The molecule has 1 aromatic heterocycles. The number of carboxylic acids is 1. The molecule has 1 heterocycles. The number of aliphatic carboxylic acids is 1. The minimum Gasteiger partial charge on any atom is -0.481 e. The van der Waals surface area contributed by atoms with Crippen molar-refractivity contribution in [2.75, 3.05) is 18.0 Å². The number of nitrogens with zero attached hydrogens (tertiary/aromatic N) is 2. The van der Waals surface area contributed by atoms with Crippen molar-refractivity contribution in [3.63, 3.8) is 0 Å². The summed E-state index contributed by atoms with van der Waals surface area (Å²) in [7, 11) is 0. The summed E-state index contributed by atoms with van der Waals surface area (Å²) in [6, 6.07) is 8.95. The Balaban J connectivity index is 2.42. The number of aromatic nitrogens is 1. The van der Waals surface area contributed by atoms with E-state index >= 15 is 0 Å². The molecule has 0 radical (unpaired) electrons. The fourth-order valence-corrected chi connectivity index (χ4v) is 2.44. The topological polar surface area (TPSA) is 62.5 Å². The predicted octanol–water partition coefficient (Wildman–Crippen LogP) is 1.94. The maximum absolute atomic E-state index is 11.9. The van der Waals surface area contributed by atoms with E-state index in [2.05, 4.69) is 5.92 Å². The lowest BCUT2D eigenvalue weighted by molar-refractivity contribution is -0.136. The van der Waals surface area contributed by atoms with Gasteiger partial charge >= 0.3 is 5.97 Å². The van der Waals surface area contributed by atoms with Crippen LogP contribution in [0.15, 0.2) is 35.1 Å². The number of benzene rings is 1. The highest BCUT2D eigenvalue weighted by atomic mass is 16.4. The summed E-state index contributed by atoms with van der Waals surface area (Å²) in [5.74, 6) is 1.67. The van der Waals surface area contributed by atoms with Gasteiger partial charge < -0.3 is 10.0 Å². The second-order valence-electron chi connectivity index (χ2n) is 4.93. The number of pyridine rings is 1. The summed E-state index contributed by atoms with van der Waals surface area (Å²) in [5.41, 5.74) is 1.59. The molecular formula is C17H18N2O3. The predicted molar refractivity (Wildman–Crippen MR) is 87.2 cm³/mol. The fraction of sp³-hybridized carbons (Fsp3) is 0.294. The molecule has 2 rings (SSSR count). The van der Waals surface area contributed by atoms with Crippen LogP contribution in [0.5, 0.6) is 0 Å². The van der Waals surface area contributed by atoms with E-state index in [1.165, 1.54) is 6.07 Å². The van der Waals surface area contributed by atoms with Gasteiger partial charge in [0.15, 0.2) is 0 Å². The van der Waals surface area contributed by atoms with Crippen LogP contribution in [-0.2, 0) is 11.3 Å². The van der Waals surface area contributed by atoms with Crippen molar-refractivity contribution < 1.29 is 9.90 Å². The third kappa shape index (κ3) is 3.29. The van der Waals surface area contributed by atoms with E-state index in [4.69, 9.17) is 11.5 Å². The van der Waals surface area contributed by atoms with Gasteiger partial charge in [0.25, 0.3) is 5.56 Å². The van der Waals surface area contributed by atoms with E-state index in [-0.39, 0.29) is 18.5 Å². The Hall–Kier alpha value is -2.74. The number of terminal acetylenes is 1. The number of fused-ring (bicyclic) bond motifs is 1. The average Bonchev–Trinajstić information content (AvgIpc) is 2.50. The molecule has 0 atom stereocenters. The highest BCUT2D eigenvalue weighted by Crippen LogP contribution is 2.21. The highest BCUT2D eigenvalue weighted by Gasteiger charge is 2.09. The molecular weight excluding hydrogens is 280 g/mol. The maximum Gasteiger partial charge on any atom is 0.305 e. The zero-order valence-corrected chi connectivity index (χ0v) is 12.5. The van der Waals surface area contributed by atoms with E-state index in [1.54, 1.807) is 10.6 Å². The summed E-state index contributed by atoms with van der Waals surface area (Å²) < 4.78 is 1.55. The average molecular weight is 298 g/mol. The molecule has 0 fully saturated rings. The van der Waals surface area contributed by atoms with Gasteiger partial charge in [-0.1, -0.05) is 5.92 Å². The lowest BCUT2D eigenvalue weighted by Crippen LogP contribution is -2.26. The lowest BCUT2D eigenvalue weighted by atomic mass is 10.1. The molecule has 5 heteroatoms. The molecule has 0 saturated carbocycles. The zero-order valence-electron chi connectivity index (χ0n) is 12.5. The summed E-state index contributed by atoms with van der Waals surface area (Å²) in [6.45, 7) is 3.36. The third-order valence-corrected chi connectivity index (χ3v) is 3.57. The summed E-state index contributed by atoms with van der Waals surface area (Å²) in [4.78, 5) is 24.6. The van der Waals surface area contributed by atoms with Crippen LogP contribution in [0.1, 0.15) is 13.3 Å². The number of carboxylic acid groups (broad SMARTS) is 1. The Labute approximate surface area is 128 Å². The van der Waals surface area contributed by atoms with Crippen LogP contribution >= 0.6 is 0 Å². The number of hydrogen-bond donors (Lipinski definition) is 1. The number of hydrogen-bond acceptors (Lipinski definition) is 3. The molecule has 2 aromatic rings. The van der Waals surface area contributed by atoms with E-state index in [1.807, 2.05) is 30.0 Å². The van der Waals surface area contributed by atoms with E-state index in [0.717, 1.165) is 16.6 Å². The van der Waals surface area contributed by atoms with Gasteiger partial charge in [0.1, 0.15) is 0 Å². The van der Waals surface area contributed by atoms with Crippen molar-refractivity contribution in [3.05, 3.63) is 40.7 Å². The molecule has 1 aromatic carbocycles. The molecule has 0 aliphatic rings. The summed E-state index contributed by atoms with van der Waals surface area (Å²) >= 11 is 0. The largest absolute Gasteiger partial charge is 0.481 e. The van der Waals surface area contributed by atoms with Crippen LogP contribution in [0, 0.1) is 12.3 Å². The van der Waals surface area contributed by atoms with Gasteiger partial charge in [-0.25, -0.2) is 0 Å². The van der Waals surface area contributed by atoms with Crippen LogP contribution in [0.2, 0.25) is 0 Å². The number of carbonyl (C=O) groups is 1. The van der Waals surface area contributed by atoms with Crippen molar-refractivity contribution in [3.8, 4) is 12.3 Å². The molecule has 0 unspecified atom stereocenters. The quantitative estimate of drug-likeness (QED) is 0.828. The van der Waals surface area contributed by atoms with Crippen LogP contribution in [0.4, 0.5) is 5.69 Å². The van der Waals surface area contributed by atoms with Crippen molar-refractivity contribution in [1.82, 2.24) is 4.57 Å². The van der Waals surface area contributed by atoms with Crippen LogP contribution in [0.25, 0.3) is 10.9 Å². The van der Waals surface area contributed by atoms with Crippen molar-refractivity contribution >= 4 is 22.6 Å². The van der Waals surface area contributed by atoms with Gasteiger partial charge in [0.2, 0.25) is 0 Å². The monoisotopic (exact) mass is 298 g/mol. The Morgan fingerprint density at radius 2 is 2.14 bits per heavy atom. The fourth-order valence-electron chi connectivity index (χ4n) is 2.44. The van der Waals surface area contributed by atoms with Gasteiger partial charge in [0.05, 0.1) is 18.5 Å². The first kappa shape index (κ1) is 15.6. The molecule has 0 aliphatic carbocycles. The normalized spacial score (nSPS) is 10.4. The minimum absolute atomic E-state index is 0.0858. The molecule has 0 saturated heterocycles. The second kappa shape index (κ2) is 6.81. The van der Waals surface area contributed by atoms with Gasteiger partial charge in [-0.15, -0.1) is 6.42 Å². The molecule has 0 aliphatic heterocycles. The second-order valence-corrected chi connectivity index (χ2v) is 4.93. The molecule has 1 N–H and O–H groups in total. The SMILES string of the molecule is C#CCn1c(=O)ccc2cc(N(CC)CCC(=O)O)ccc21. The van der Waals surface area contributed by atoms with E-state index in [9.17, 15) is 9.59 Å². The first-order valence-electron chi connectivity index (χ1n) is 7.10. The Morgan fingerprint density at radius 1 is 1.36 bits per heavy atom.